The topological polar surface area (TPSA) is 26.3 Å². The molecule has 3 heteroatoms. The van der Waals surface area contributed by atoms with Crippen molar-refractivity contribution >= 4 is 17.7 Å². The Morgan fingerprint density at radius 2 is 2.27 bits per heavy atom. The molecule has 0 rings (SSSR count). The van der Waals surface area contributed by atoms with E-state index in [-0.39, 0.29) is 5.97 Å². The van der Waals surface area contributed by atoms with Gasteiger partial charge < -0.3 is 4.74 Å². The minimum absolute atomic E-state index is 0.291. The van der Waals surface area contributed by atoms with Gasteiger partial charge in [-0.1, -0.05) is 13.8 Å². The van der Waals surface area contributed by atoms with Crippen LogP contribution in [0.3, 0.4) is 0 Å². The van der Waals surface area contributed by atoms with E-state index in [4.69, 9.17) is 0 Å². The first-order chi connectivity index (χ1) is 5.16. The van der Waals surface area contributed by atoms with Gasteiger partial charge in [-0.05, 0) is 17.1 Å². The van der Waals surface area contributed by atoms with Crippen LogP contribution in [0.4, 0.5) is 0 Å². The molecule has 11 heavy (non-hydrogen) atoms. The molecule has 0 saturated carbocycles. The van der Waals surface area contributed by atoms with Gasteiger partial charge in [0.15, 0.2) is 0 Å². The molecular formula is C8H14O2S. The number of methoxy groups -OCH3 is 1. The van der Waals surface area contributed by atoms with Gasteiger partial charge in [0, 0.05) is 6.08 Å². The van der Waals surface area contributed by atoms with Crippen molar-refractivity contribution in [2.75, 3.05) is 12.9 Å². The van der Waals surface area contributed by atoms with Crippen molar-refractivity contribution in [2.45, 2.75) is 13.8 Å². The third-order valence-corrected chi connectivity index (χ3v) is 2.12. The van der Waals surface area contributed by atoms with Crippen LogP contribution in [0.15, 0.2) is 11.5 Å². The van der Waals surface area contributed by atoms with Crippen LogP contribution in [0.25, 0.3) is 0 Å². The number of rotatable bonds is 4. The van der Waals surface area contributed by atoms with Gasteiger partial charge in [0.1, 0.15) is 0 Å². The molecule has 0 saturated heterocycles. The lowest BCUT2D eigenvalue weighted by Gasteiger charge is -1.98. The van der Waals surface area contributed by atoms with Crippen molar-refractivity contribution in [2.24, 2.45) is 5.92 Å². The van der Waals surface area contributed by atoms with Crippen LogP contribution >= 0.6 is 11.8 Å². The van der Waals surface area contributed by atoms with Crippen molar-refractivity contribution in [3.63, 3.8) is 0 Å². The molecule has 0 atom stereocenters. The molecular weight excluding hydrogens is 160 g/mol. The standard InChI is InChI=1S/C8H14O2S/c1-7(2)6-11-5-4-8(9)10-3/h4-5,7H,6H2,1-3H3. The Morgan fingerprint density at radius 1 is 1.64 bits per heavy atom. The van der Waals surface area contributed by atoms with Gasteiger partial charge in [0.25, 0.3) is 0 Å². The van der Waals surface area contributed by atoms with E-state index in [0.29, 0.717) is 5.92 Å². The minimum Gasteiger partial charge on any atom is -0.466 e. The highest BCUT2D eigenvalue weighted by atomic mass is 32.2. The number of esters is 1. The lowest BCUT2D eigenvalue weighted by atomic mass is 10.3. The molecule has 0 aliphatic carbocycles. The highest BCUT2D eigenvalue weighted by Gasteiger charge is 1.92. The summed E-state index contributed by atoms with van der Waals surface area (Å²) in [4.78, 5) is 10.5. The highest BCUT2D eigenvalue weighted by Crippen LogP contribution is 2.08. The Balaban J connectivity index is 3.37. The second-order valence-electron chi connectivity index (χ2n) is 2.55. The molecule has 0 unspecified atom stereocenters. The lowest BCUT2D eigenvalue weighted by Crippen LogP contribution is -1.93. The second-order valence-corrected chi connectivity index (χ2v) is 3.49. The summed E-state index contributed by atoms with van der Waals surface area (Å²) >= 11 is 1.62. The maximum atomic E-state index is 10.5. The normalized spacial score (nSPS) is 10.9. The summed E-state index contributed by atoms with van der Waals surface area (Å²) < 4.78 is 4.42. The summed E-state index contributed by atoms with van der Waals surface area (Å²) in [6.07, 6.45) is 1.44. The lowest BCUT2D eigenvalue weighted by molar-refractivity contribution is -0.134. The van der Waals surface area contributed by atoms with Crippen LogP contribution in [-0.4, -0.2) is 18.8 Å². The number of ether oxygens (including phenoxy) is 1. The van der Waals surface area contributed by atoms with Crippen LogP contribution in [0.5, 0.6) is 0 Å². The summed E-state index contributed by atoms with van der Waals surface area (Å²) in [5, 5.41) is 1.77. The highest BCUT2D eigenvalue weighted by molar-refractivity contribution is 8.02. The molecule has 0 amide bonds. The summed E-state index contributed by atoms with van der Waals surface area (Å²) in [6, 6.07) is 0. The van der Waals surface area contributed by atoms with Gasteiger partial charge in [0.05, 0.1) is 7.11 Å². The van der Waals surface area contributed by atoms with Crippen molar-refractivity contribution in [3.05, 3.63) is 11.5 Å². The summed E-state index contributed by atoms with van der Waals surface area (Å²) in [5.41, 5.74) is 0. The van der Waals surface area contributed by atoms with Crippen molar-refractivity contribution in [1.29, 1.82) is 0 Å². The SMILES string of the molecule is COC(=O)C=CSCC(C)C. The van der Waals surface area contributed by atoms with E-state index in [1.54, 1.807) is 17.2 Å². The first kappa shape index (κ1) is 10.6. The average molecular weight is 174 g/mol. The summed E-state index contributed by atoms with van der Waals surface area (Å²) in [6.45, 7) is 4.28. The van der Waals surface area contributed by atoms with Crippen LogP contribution in [0, 0.1) is 5.92 Å². The molecule has 0 aliphatic rings. The first-order valence-corrected chi connectivity index (χ1v) is 4.57. The monoisotopic (exact) mass is 174 g/mol. The zero-order valence-corrected chi connectivity index (χ0v) is 7.98. The number of carbonyl (C=O) groups excluding carboxylic acids is 1. The smallest absolute Gasteiger partial charge is 0.330 e. The molecule has 0 aromatic heterocycles. The molecule has 0 fully saturated rings. The van der Waals surface area contributed by atoms with Crippen molar-refractivity contribution in [3.8, 4) is 0 Å². The summed E-state index contributed by atoms with van der Waals surface area (Å²) in [5.74, 6) is 1.40. The fourth-order valence-electron chi connectivity index (χ4n) is 0.420. The Kier molecular flexibility index (Phi) is 6.03. The molecule has 0 heterocycles. The second kappa shape index (κ2) is 6.28. The minimum atomic E-state index is -0.291. The van der Waals surface area contributed by atoms with Gasteiger partial charge in [-0.2, -0.15) is 0 Å². The van der Waals surface area contributed by atoms with Crippen molar-refractivity contribution in [1.82, 2.24) is 0 Å². The molecule has 0 spiro atoms. The van der Waals surface area contributed by atoms with E-state index < -0.39 is 0 Å². The van der Waals surface area contributed by atoms with Crippen LogP contribution < -0.4 is 0 Å². The molecule has 0 radical (unpaired) electrons. The van der Waals surface area contributed by atoms with E-state index >= 15 is 0 Å². The molecule has 0 aliphatic heterocycles. The molecule has 0 N–H and O–H groups in total. The maximum Gasteiger partial charge on any atom is 0.330 e. The number of hydrogen-bond acceptors (Lipinski definition) is 3. The predicted octanol–water partition coefficient (Wildman–Crippen LogP) is 2.06. The third-order valence-electron chi connectivity index (χ3n) is 0.931. The molecule has 0 aromatic rings. The Labute approximate surface area is 72.0 Å². The number of thioether (sulfide) groups is 1. The first-order valence-electron chi connectivity index (χ1n) is 3.53. The number of carbonyl (C=O) groups is 1. The molecule has 0 aromatic carbocycles. The van der Waals surface area contributed by atoms with E-state index in [9.17, 15) is 4.79 Å². The molecule has 0 bridgehead atoms. The maximum absolute atomic E-state index is 10.5. The Morgan fingerprint density at radius 3 is 2.73 bits per heavy atom. The Bertz CT molecular complexity index is 141. The Hall–Kier alpha value is -0.440. The van der Waals surface area contributed by atoms with Crippen molar-refractivity contribution < 1.29 is 9.53 Å². The van der Waals surface area contributed by atoms with Gasteiger partial charge in [0.2, 0.25) is 0 Å². The zero-order valence-electron chi connectivity index (χ0n) is 7.16. The van der Waals surface area contributed by atoms with E-state index in [1.165, 1.54) is 13.2 Å². The van der Waals surface area contributed by atoms with Crippen LogP contribution in [0.1, 0.15) is 13.8 Å². The van der Waals surface area contributed by atoms with Gasteiger partial charge >= 0.3 is 5.97 Å². The zero-order chi connectivity index (χ0) is 8.69. The number of hydrogen-bond donors (Lipinski definition) is 0. The molecule has 64 valence electrons. The fraction of sp³-hybridized carbons (Fsp3) is 0.625. The summed E-state index contributed by atoms with van der Waals surface area (Å²) in [7, 11) is 1.37. The van der Waals surface area contributed by atoms with E-state index in [1.807, 2.05) is 0 Å². The van der Waals surface area contributed by atoms with E-state index in [2.05, 4.69) is 18.6 Å². The molecule has 2 nitrogen and oxygen atoms in total. The predicted molar refractivity (Wildman–Crippen MR) is 48.5 cm³/mol. The third kappa shape index (κ3) is 7.46. The van der Waals surface area contributed by atoms with Gasteiger partial charge in [-0.3, -0.25) is 0 Å². The largest absolute Gasteiger partial charge is 0.466 e. The average Bonchev–Trinajstić information content (AvgIpc) is 1.97. The van der Waals surface area contributed by atoms with Gasteiger partial charge in [-0.25, -0.2) is 4.79 Å². The van der Waals surface area contributed by atoms with E-state index in [0.717, 1.165) is 5.75 Å². The van der Waals surface area contributed by atoms with Crippen LogP contribution in [-0.2, 0) is 9.53 Å². The fourth-order valence-corrected chi connectivity index (χ4v) is 1.12. The quantitative estimate of drug-likeness (QED) is 0.482. The van der Waals surface area contributed by atoms with Crippen LogP contribution in [0.2, 0.25) is 0 Å². The van der Waals surface area contributed by atoms with Gasteiger partial charge in [-0.15, -0.1) is 11.8 Å².